The maximum atomic E-state index is 4.27. The Morgan fingerprint density at radius 3 is 2.80 bits per heavy atom. The van der Waals surface area contributed by atoms with Crippen LogP contribution in [-0.4, -0.2) is 22.9 Å². The highest BCUT2D eigenvalue weighted by Crippen LogP contribution is 2.17. The first-order valence-electron chi connectivity index (χ1n) is 5.42. The van der Waals surface area contributed by atoms with Gasteiger partial charge in [-0.15, -0.1) is 0 Å². The zero-order chi connectivity index (χ0) is 11.3. The van der Waals surface area contributed by atoms with E-state index in [-0.39, 0.29) is 5.41 Å². The van der Waals surface area contributed by atoms with Crippen LogP contribution in [-0.2, 0) is 6.54 Å². The summed E-state index contributed by atoms with van der Waals surface area (Å²) in [5.41, 5.74) is 0.237. The van der Waals surface area contributed by atoms with Crippen molar-refractivity contribution in [2.45, 2.75) is 33.7 Å². The van der Waals surface area contributed by atoms with Gasteiger partial charge in [-0.05, 0) is 34.3 Å². The molecule has 1 heterocycles. The molecule has 0 saturated carbocycles. The van der Waals surface area contributed by atoms with Gasteiger partial charge in [0, 0.05) is 19.3 Å². The third-order valence-corrected chi connectivity index (χ3v) is 2.63. The van der Waals surface area contributed by atoms with Gasteiger partial charge < -0.3 is 5.32 Å². The Morgan fingerprint density at radius 2 is 2.27 bits per heavy atom. The Morgan fingerprint density at radius 1 is 1.53 bits per heavy atom. The van der Waals surface area contributed by atoms with Crippen LogP contribution in [0.4, 0.5) is 0 Å². The average Bonchev–Trinajstić information content (AvgIpc) is 2.50. The highest BCUT2D eigenvalue weighted by molar-refractivity contribution is 9.10. The molecule has 0 unspecified atom stereocenters. The van der Waals surface area contributed by atoms with Crippen molar-refractivity contribution in [1.29, 1.82) is 0 Å². The van der Waals surface area contributed by atoms with E-state index in [1.807, 2.05) is 17.1 Å². The monoisotopic (exact) mass is 273 g/mol. The van der Waals surface area contributed by atoms with E-state index >= 15 is 0 Å². The second-order valence-electron chi connectivity index (χ2n) is 4.70. The van der Waals surface area contributed by atoms with Gasteiger partial charge in [0.15, 0.2) is 0 Å². The molecule has 0 aliphatic rings. The molecule has 3 nitrogen and oxygen atoms in total. The molecule has 0 saturated heterocycles. The normalized spacial score (nSPS) is 12.0. The predicted octanol–water partition coefficient (Wildman–Crippen LogP) is 2.67. The van der Waals surface area contributed by atoms with Crippen molar-refractivity contribution >= 4 is 15.9 Å². The SMILES string of the molecule is CCCNCC(C)(C)Cn1cc(Br)cn1. The van der Waals surface area contributed by atoms with Gasteiger partial charge in [0.25, 0.3) is 0 Å². The van der Waals surface area contributed by atoms with Crippen molar-refractivity contribution in [2.75, 3.05) is 13.1 Å². The maximum absolute atomic E-state index is 4.27. The van der Waals surface area contributed by atoms with Crippen LogP contribution in [0, 0.1) is 5.41 Å². The number of aromatic nitrogens is 2. The molecular formula is C11H20BrN3. The van der Waals surface area contributed by atoms with E-state index in [2.05, 4.69) is 47.1 Å². The highest BCUT2D eigenvalue weighted by atomic mass is 79.9. The van der Waals surface area contributed by atoms with Crippen LogP contribution < -0.4 is 5.32 Å². The Kier molecular flexibility index (Phi) is 4.80. The van der Waals surface area contributed by atoms with Crippen LogP contribution in [0.1, 0.15) is 27.2 Å². The second-order valence-corrected chi connectivity index (χ2v) is 5.61. The fourth-order valence-corrected chi connectivity index (χ4v) is 1.85. The molecule has 15 heavy (non-hydrogen) atoms. The molecule has 0 bridgehead atoms. The smallest absolute Gasteiger partial charge is 0.0632 e. The lowest BCUT2D eigenvalue weighted by Crippen LogP contribution is -2.33. The van der Waals surface area contributed by atoms with Gasteiger partial charge >= 0.3 is 0 Å². The van der Waals surface area contributed by atoms with Crippen molar-refractivity contribution in [2.24, 2.45) is 5.41 Å². The molecule has 1 aromatic heterocycles. The van der Waals surface area contributed by atoms with Crippen LogP contribution >= 0.6 is 15.9 Å². The van der Waals surface area contributed by atoms with Crippen molar-refractivity contribution < 1.29 is 0 Å². The lowest BCUT2D eigenvalue weighted by molar-refractivity contribution is 0.277. The summed E-state index contributed by atoms with van der Waals surface area (Å²) in [4.78, 5) is 0. The molecule has 0 atom stereocenters. The van der Waals surface area contributed by atoms with Crippen LogP contribution in [0.3, 0.4) is 0 Å². The molecule has 1 rings (SSSR count). The second kappa shape index (κ2) is 5.66. The van der Waals surface area contributed by atoms with E-state index in [1.165, 1.54) is 6.42 Å². The summed E-state index contributed by atoms with van der Waals surface area (Å²) in [5, 5.41) is 7.72. The summed E-state index contributed by atoms with van der Waals surface area (Å²) >= 11 is 3.40. The summed E-state index contributed by atoms with van der Waals surface area (Å²) in [7, 11) is 0. The average molecular weight is 274 g/mol. The molecule has 0 fully saturated rings. The summed E-state index contributed by atoms with van der Waals surface area (Å²) in [6, 6.07) is 0. The first kappa shape index (κ1) is 12.7. The molecular weight excluding hydrogens is 254 g/mol. The van der Waals surface area contributed by atoms with Gasteiger partial charge in [-0.1, -0.05) is 20.8 Å². The summed E-state index contributed by atoms with van der Waals surface area (Å²) in [5.74, 6) is 0. The van der Waals surface area contributed by atoms with E-state index in [0.29, 0.717) is 0 Å². The molecule has 1 N–H and O–H groups in total. The molecule has 0 aliphatic carbocycles. The van der Waals surface area contributed by atoms with Gasteiger partial charge in [0.05, 0.1) is 10.7 Å². The van der Waals surface area contributed by atoms with Gasteiger partial charge in [0.2, 0.25) is 0 Å². The van der Waals surface area contributed by atoms with Crippen LogP contribution in [0.5, 0.6) is 0 Å². The minimum Gasteiger partial charge on any atom is -0.316 e. The molecule has 0 aromatic carbocycles. The minimum atomic E-state index is 0.237. The van der Waals surface area contributed by atoms with E-state index in [4.69, 9.17) is 0 Å². The van der Waals surface area contributed by atoms with Gasteiger partial charge in [-0.3, -0.25) is 4.68 Å². The largest absolute Gasteiger partial charge is 0.316 e. The van der Waals surface area contributed by atoms with Gasteiger partial charge in [0.1, 0.15) is 0 Å². The van der Waals surface area contributed by atoms with Crippen LogP contribution in [0.25, 0.3) is 0 Å². The number of nitrogens with zero attached hydrogens (tertiary/aromatic N) is 2. The van der Waals surface area contributed by atoms with E-state index in [0.717, 1.165) is 24.1 Å². The first-order valence-corrected chi connectivity index (χ1v) is 6.21. The van der Waals surface area contributed by atoms with Crippen LogP contribution in [0.2, 0.25) is 0 Å². The lowest BCUT2D eigenvalue weighted by Gasteiger charge is -2.24. The number of rotatable bonds is 6. The number of halogens is 1. The van der Waals surface area contributed by atoms with Crippen molar-refractivity contribution in [3.63, 3.8) is 0 Å². The molecule has 4 heteroatoms. The Balaban J connectivity index is 2.41. The maximum Gasteiger partial charge on any atom is 0.0632 e. The zero-order valence-electron chi connectivity index (χ0n) is 9.76. The Labute approximate surface area is 100 Å². The molecule has 0 spiro atoms. The Bertz CT molecular complexity index is 294. The van der Waals surface area contributed by atoms with Crippen LogP contribution in [0.15, 0.2) is 16.9 Å². The standard InChI is InChI=1S/C11H20BrN3/c1-4-5-13-8-11(2,3)9-15-7-10(12)6-14-15/h6-7,13H,4-5,8-9H2,1-3H3. The zero-order valence-corrected chi connectivity index (χ0v) is 11.3. The van der Waals surface area contributed by atoms with Gasteiger partial charge in [-0.2, -0.15) is 5.10 Å². The topological polar surface area (TPSA) is 29.9 Å². The Hall–Kier alpha value is -0.350. The van der Waals surface area contributed by atoms with Crippen molar-refractivity contribution in [1.82, 2.24) is 15.1 Å². The van der Waals surface area contributed by atoms with E-state index in [9.17, 15) is 0 Å². The molecule has 1 aromatic rings. The van der Waals surface area contributed by atoms with Gasteiger partial charge in [-0.25, -0.2) is 0 Å². The highest BCUT2D eigenvalue weighted by Gasteiger charge is 2.18. The molecule has 0 amide bonds. The van der Waals surface area contributed by atoms with Crippen molar-refractivity contribution in [3.05, 3.63) is 16.9 Å². The minimum absolute atomic E-state index is 0.237. The third kappa shape index (κ3) is 4.80. The molecule has 86 valence electrons. The quantitative estimate of drug-likeness (QED) is 0.808. The number of hydrogen-bond acceptors (Lipinski definition) is 2. The number of nitrogens with one attached hydrogen (secondary N) is 1. The van der Waals surface area contributed by atoms with Crippen molar-refractivity contribution in [3.8, 4) is 0 Å². The fourth-order valence-electron chi connectivity index (χ4n) is 1.52. The predicted molar refractivity (Wildman–Crippen MR) is 66.9 cm³/mol. The third-order valence-electron chi connectivity index (χ3n) is 2.22. The fraction of sp³-hybridized carbons (Fsp3) is 0.727. The van der Waals surface area contributed by atoms with E-state index < -0.39 is 0 Å². The lowest BCUT2D eigenvalue weighted by atomic mass is 9.93. The molecule has 0 radical (unpaired) electrons. The first-order chi connectivity index (χ1) is 7.03. The van der Waals surface area contributed by atoms with E-state index in [1.54, 1.807) is 0 Å². The summed E-state index contributed by atoms with van der Waals surface area (Å²) in [6.45, 7) is 9.75. The molecule has 0 aliphatic heterocycles. The summed E-state index contributed by atoms with van der Waals surface area (Å²) < 4.78 is 3.03. The number of hydrogen-bond donors (Lipinski definition) is 1. The summed E-state index contributed by atoms with van der Waals surface area (Å²) in [6.07, 6.45) is 5.03.